The fraction of sp³-hybridized carbons (Fsp3) is 1.00. The Morgan fingerprint density at radius 3 is 2.00 bits per heavy atom. The van der Waals surface area contributed by atoms with Crippen LogP contribution in [-0.2, 0) is 0 Å². The molecule has 1 N–H and O–H groups in total. The molecule has 0 saturated heterocycles. The molecular formula is C4H9KO2. The van der Waals surface area contributed by atoms with E-state index in [1.165, 1.54) is 0 Å². The largest absolute Gasteiger partial charge is 1.00 e. The normalized spacial score (nSPS) is 7.71. The van der Waals surface area contributed by atoms with E-state index in [1.54, 1.807) is 0 Å². The van der Waals surface area contributed by atoms with Crippen molar-refractivity contribution in [1.82, 2.24) is 0 Å². The van der Waals surface area contributed by atoms with E-state index in [0.717, 1.165) is 0 Å². The van der Waals surface area contributed by atoms with Gasteiger partial charge in [0.05, 0.1) is 0 Å². The van der Waals surface area contributed by atoms with Crippen LogP contribution in [0.5, 0.6) is 0 Å². The minimum Gasteiger partial charge on any atom is -0.854 e. The third kappa shape index (κ3) is 11.2. The summed E-state index contributed by atoms with van der Waals surface area (Å²) in [6.45, 7) is 0.100. The molecule has 0 unspecified atom stereocenters. The maximum Gasteiger partial charge on any atom is 1.00 e. The van der Waals surface area contributed by atoms with Crippen LogP contribution in [0.15, 0.2) is 0 Å². The molecule has 0 fully saturated rings. The van der Waals surface area contributed by atoms with Crippen molar-refractivity contribution in [2.24, 2.45) is 0 Å². The smallest absolute Gasteiger partial charge is 0.854 e. The SMILES string of the molecule is [K+].[O-]CCCCO. The topological polar surface area (TPSA) is 43.3 Å². The van der Waals surface area contributed by atoms with Crippen LogP contribution in [0, 0.1) is 0 Å². The maximum atomic E-state index is 9.58. The van der Waals surface area contributed by atoms with Gasteiger partial charge in [-0.15, -0.1) is 6.61 Å². The Hall–Kier alpha value is 1.56. The zero-order chi connectivity index (χ0) is 4.83. The van der Waals surface area contributed by atoms with Gasteiger partial charge in [-0.05, 0) is 6.42 Å². The molecule has 38 valence electrons. The Morgan fingerprint density at radius 2 is 1.86 bits per heavy atom. The molecule has 0 aromatic rings. The van der Waals surface area contributed by atoms with E-state index < -0.39 is 0 Å². The molecule has 0 aliphatic rings. The molecule has 7 heavy (non-hydrogen) atoms. The molecule has 0 amide bonds. The van der Waals surface area contributed by atoms with E-state index in [-0.39, 0.29) is 64.6 Å². The minimum absolute atomic E-state index is 0. The number of aliphatic hydroxyl groups is 1. The Balaban J connectivity index is 0. The maximum absolute atomic E-state index is 9.58. The molecule has 0 radical (unpaired) electrons. The molecule has 0 aliphatic heterocycles. The Kier molecular flexibility index (Phi) is 17.1. The third-order valence-corrected chi connectivity index (χ3v) is 0.552. The summed E-state index contributed by atoms with van der Waals surface area (Å²) in [6.07, 6.45) is 1.26. The van der Waals surface area contributed by atoms with Gasteiger partial charge in [0.1, 0.15) is 0 Å². The second-order valence-corrected chi connectivity index (χ2v) is 1.13. The molecule has 0 rings (SSSR count). The van der Waals surface area contributed by atoms with Gasteiger partial charge in [0, 0.05) is 6.61 Å². The van der Waals surface area contributed by atoms with Crippen molar-refractivity contribution in [3.05, 3.63) is 0 Å². The number of unbranched alkanes of at least 4 members (excludes halogenated alkanes) is 1. The molecule has 0 bridgehead atoms. The van der Waals surface area contributed by atoms with Gasteiger partial charge in [-0.1, -0.05) is 6.42 Å². The van der Waals surface area contributed by atoms with Crippen LogP contribution in [0.25, 0.3) is 0 Å². The van der Waals surface area contributed by atoms with Crippen LogP contribution in [0.1, 0.15) is 12.8 Å². The number of aliphatic hydroxyl groups excluding tert-OH is 1. The number of hydrogen-bond acceptors (Lipinski definition) is 2. The first-order valence-corrected chi connectivity index (χ1v) is 2.10. The fourth-order valence-corrected chi connectivity index (χ4v) is 0.214. The van der Waals surface area contributed by atoms with Crippen molar-refractivity contribution in [3.8, 4) is 0 Å². The van der Waals surface area contributed by atoms with Crippen molar-refractivity contribution in [3.63, 3.8) is 0 Å². The van der Waals surface area contributed by atoms with E-state index in [0.29, 0.717) is 12.8 Å². The van der Waals surface area contributed by atoms with E-state index in [1.807, 2.05) is 0 Å². The van der Waals surface area contributed by atoms with E-state index in [2.05, 4.69) is 0 Å². The zero-order valence-corrected chi connectivity index (χ0v) is 7.81. The van der Waals surface area contributed by atoms with Gasteiger partial charge in [-0.25, -0.2) is 0 Å². The summed E-state index contributed by atoms with van der Waals surface area (Å²) in [6, 6.07) is 0. The number of hydrogen-bond donors (Lipinski definition) is 1. The van der Waals surface area contributed by atoms with Crippen LogP contribution < -0.4 is 56.5 Å². The Morgan fingerprint density at radius 1 is 1.29 bits per heavy atom. The van der Waals surface area contributed by atoms with Crippen molar-refractivity contribution in [2.75, 3.05) is 13.2 Å². The monoisotopic (exact) mass is 128 g/mol. The van der Waals surface area contributed by atoms with E-state index in [9.17, 15) is 5.11 Å². The molecule has 3 heteroatoms. The fourth-order valence-electron chi connectivity index (χ4n) is 0.214. The third-order valence-electron chi connectivity index (χ3n) is 0.552. The van der Waals surface area contributed by atoms with Crippen LogP contribution in [0.2, 0.25) is 0 Å². The first kappa shape index (κ1) is 11.4. The van der Waals surface area contributed by atoms with Crippen molar-refractivity contribution in [1.29, 1.82) is 0 Å². The summed E-state index contributed by atoms with van der Waals surface area (Å²) in [5, 5.41) is 17.6. The molecule has 0 aromatic carbocycles. The molecule has 0 spiro atoms. The molecule has 0 atom stereocenters. The Bertz CT molecular complexity index is 21.7. The van der Waals surface area contributed by atoms with Gasteiger partial charge in [0.25, 0.3) is 0 Å². The van der Waals surface area contributed by atoms with Crippen molar-refractivity contribution < 1.29 is 61.6 Å². The molecule has 0 aromatic heterocycles. The van der Waals surface area contributed by atoms with Crippen LogP contribution >= 0.6 is 0 Å². The second-order valence-electron chi connectivity index (χ2n) is 1.13. The molecule has 0 heterocycles. The average Bonchev–Trinajstić information content (AvgIpc) is 1.61. The average molecular weight is 128 g/mol. The van der Waals surface area contributed by atoms with Crippen molar-refractivity contribution >= 4 is 0 Å². The van der Waals surface area contributed by atoms with Crippen LogP contribution in [-0.4, -0.2) is 18.3 Å². The predicted octanol–water partition coefficient (Wildman–Crippen LogP) is -3.88. The summed E-state index contributed by atoms with van der Waals surface area (Å²) in [5.41, 5.74) is 0. The van der Waals surface area contributed by atoms with Crippen molar-refractivity contribution in [2.45, 2.75) is 12.8 Å². The predicted molar refractivity (Wildman–Crippen MR) is 21.2 cm³/mol. The summed E-state index contributed by atoms with van der Waals surface area (Å²) in [4.78, 5) is 0. The van der Waals surface area contributed by atoms with Gasteiger partial charge >= 0.3 is 51.4 Å². The summed E-state index contributed by atoms with van der Waals surface area (Å²) < 4.78 is 0. The molecule has 0 saturated carbocycles. The quantitative estimate of drug-likeness (QED) is 0.312. The zero-order valence-electron chi connectivity index (χ0n) is 4.68. The minimum atomic E-state index is -0.0550. The molecule has 0 aliphatic carbocycles. The second kappa shape index (κ2) is 10.5. The van der Waals surface area contributed by atoms with Gasteiger partial charge in [0.2, 0.25) is 0 Å². The first-order chi connectivity index (χ1) is 2.91. The van der Waals surface area contributed by atoms with Gasteiger partial charge in [-0.3, -0.25) is 0 Å². The van der Waals surface area contributed by atoms with Gasteiger partial charge in [0.15, 0.2) is 0 Å². The first-order valence-electron chi connectivity index (χ1n) is 2.10. The number of rotatable bonds is 3. The molecule has 2 nitrogen and oxygen atoms in total. The van der Waals surface area contributed by atoms with E-state index >= 15 is 0 Å². The molecular weight excluding hydrogens is 119 g/mol. The summed E-state index contributed by atoms with van der Waals surface area (Å²) in [5.74, 6) is 0. The summed E-state index contributed by atoms with van der Waals surface area (Å²) >= 11 is 0. The van der Waals surface area contributed by atoms with Gasteiger partial charge < -0.3 is 10.2 Å². The standard InChI is InChI=1S/C4H9O2.K/c5-3-1-2-4-6;/h5H,1-4H2;/q-1;+1. The van der Waals surface area contributed by atoms with E-state index in [4.69, 9.17) is 5.11 Å². The van der Waals surface area contributed by atoms with Gasteiger partial charge in [-0.2, -0.15) is 0 Å². The van der Waals surface area contributed by atoms with Crippen LogP contribution in [0.3, 0.4) is 0 Å². The van der Waals surface area contributed by atoms with Crippen LogP contribution in [0.4, 0.5) is 0 Å². The Labute approximate surface area is 86.3 Å². The summed E-state index contributed by atoms with van der Waals surface area (Å²) in [7, 11) is 0.